The summed E-state index contributed by atoms with van der Waals surface area (Å²) < 4.78 is 19.0. The van der Waals surface area contributed by atoms with Crippen molar-refractivity contribution < 1.29 is 9.13 Å². The third kappa shape index (κ3) is 2.67. The molecule has 0 atom stereocenters. The molecule has 1 N–H and O–H groups in total. The van der Waals surface area contributed by atoms with Crippen molar-refractivity contribution in [2.24, 2.45) is 0 Å². The van der Waals surface area contributed by atoms with Crippen LogP contribution in [-0.2, 0) is 6.42 Å². The van der Waals surface area contributed by atoms with E-state index in [-0.39, 0.29) is 10.9 Å². The molecular formula is C16H12ClFN2O2. The fourth-order valence-electron chi connectivity index (χ4n) is 2.27. The maximum atomic E-state index is 13.8. The molecule has 0 aliphatic rings. The predicted octanol–water partition coefficient (Wildman–Crippen LogP) is 3.32. The first-order chi connectivity index (χ1) is 10.6. The number of aromatic nitrogens is 2. The molecule has 0 saturated heterocycles. The molecule has 0 spiro atoms. The van der Waals surface area contributed by atoms with Crippen molar-refractivity contribution in [2.45, 2.75) is 6.42 Å². The molecule has 6 heteroatoms. The monoisotopic (exact) mass is 318 g/mol. The summed E-state index contributed by atoms with van der Waals surface area (Å²) in [5.74, 6) is 0.172. The number of nitrogens with zero attached hydrogens (tertiary/aromatic N) is 1. The van der Waals surface area contributed by atoms with E-state index in [1.807, 2.05) is 12.1 Å². The Morgan fingerprint density at radius 1 is 1.23 bits per heavy atom. The minimum atomic E-state index is -0.623. The molecule has 0 amide bonds. The molecule has 0 aliphatic carbocycles. The highest BCUT2D eigenvalue weighted by atomic mass is 35.5. The molecular weight excluding hydrogens is 307 g/mol. The average Bonchev–Trinajstić information content (AvgIpc) is 2.49. The third-order valence-electron chi connectivity index (χ3n) is 3.33. The first kappa shape index (κ1) is 14.5. The van der Waals surface area contributed by atoms with Gasteiger partial charge in [-0.3, -0.25) is 4.79 Å². The maximum Gasteiger partial charge on any atom is 0.261 e. The molecule has 4 nitrogen and oxygen atoms in total. The van der Waals surface area contributed by atoms with Crippen LogP contribution in [0.15, 0.2) is 41.2 Å². The van der Waals surface area contributed by atoms with Crippen LogP contribution in [0.1, 0.15) is 11.4 Å². The first-order valence-electron chi connectivity index (χ1n) is 6.58. The van der Waals surface area contributed by atoms with Crippen molar-refractivity contribution >= 4 is 22.5 Å². The number of aromatic amines is 1. The van der Waals surface area contributed by atoms with Gasteiger partial charge in [-0.1, -0.05) is 23.7 Å². The van der Waals surface area contributed by atoms with Gasteiger partial charge in [0, 0.05) is 11.4 Å². The molecule has 22 heavy (non-hydrogen) atoms. The van der Waals surface area contributed by atoms with Gasteiger partial charge in [-0.25, -0.2) is 9.37 Å². The summed E-state index contributed by atoms with van der Waals surface area (Å²) in [6, 6.07) is 9.85. The molecule has 0 bridgehead atoms. The van der Waals surface area contributed by atoms with Crippen LogP contribution in [0.2, 0.25) is 5.02 Å². The van der Waals surface area contributed by atoms with E-state index in [0.717, 1.165) is 5.56 Å². The molecule has 1 aromatic heterocycles. The zero-order chi connectivity index (χ0) is 15.7. The molecule has 2 aromatic carbocycles. The molecule has 3 rings (SSSR count). The van der Waals surface area contributed by atoms with Crippen molar-refractivity contribution in [3.63, 3.8) is 0 Å². The normalized spacial score (nSPS) is 10.9. The Morgan fingerprint density at radius 2 is 1.95 bits per heavy atom. The number of methoxy groups -OCH3 is 1. The summed E-state index contributed by atoms with van der Waals surface area (Å²) in [7, 11) is 1.45. The number of halogens is 2. The van der Waals surface area contributed by atoms with Gasteiger partial charge in [-0.2, -0.15) is 0 Å². The highest BCUT2D eigenvalue weighted by Crippen LogP contribution is 2.23. The second-order valence-electron chi connectivity index (χ2n) is 4.79. The van der Waals surface area contributed by atoms with Gasteiger partial charge in [0.1, 0.15) is 28.3 Å². The van der Waals surface area contributed by atoms with Crippen molar-refractivity contribution in [3.8, 4) is 5.75 Å². The number of benzene rings is 2. The van der Waals surface area contributed by atoms with Crippen LogP contribution in [0.25, 0.3) is 10.9 Å². The van der Waals surface area contributed by atoms with Crippen molar-refractivity contribution in [1.29, 1.82) is 0 Å². The molecule has 3 aromatic rings. The minimum Gasteiger partial charge on any atom is -0.494 e. The van der Waals surface area contributed by atoms with Crippen molar-refractivity contribution in [1.82, 2.24) is 9.97 Å². The second-order valence-corrected chi connectivity index (χ2v) is 5.23. The lowest BCUT2D eigenvalue weighted by molar-refractivity contribution is 0.418. The van der Waals surface area contributed by atoms with Crippen LogP contribution in [0, 0.1) is 5.82 Å². The highest BCUT2D eigenvalue weighted by molar-refractivity contribution is 6.30. The van der Waals surface area contributed by atoms with Gasteiger partial charge < -0.3 is 9.72 Å². The van der Waals surface area contributed by atoms with Crippen LogP contribution >= 0.6 is 11.6 Å². The van der Waals surface area contributed by atoms with Crippen LogP contribution in [0.3, 0.4) is 0 Å². The summed E-state index contributed by atoms with van der Waals surface area (Å²) in [4.78, 5) is 19.1. The van der Waals surface area contributed by atoms with Gasteiger partial charge in [0.25, 0.3) is 5.56 Å². The fourth-order valence-corrected chi connectivity index (χ4v) is 2.40. The summed E-state index contributed by atoms with van der Waals surface area (Å²) in [6.45, 7) is 0. The van der Waals surface area contributed by atoms with Crippen LogP contribution in [0.4, 0.5) is 4.39 Å². The highest BCUT2D eigenvalue weighted by Gasteiger charge is 2.13. The van der Waals surface area contributed by atoms with Gasteiger partial charge in [-0.05, 0) is 29.8 Å². The van der Waals surface area contributed by atoms with Crippen molar-refractivity contribution in [3.05, 3.63) is 69.0 Å². The zero-order valence-electron chi connectivity index (χ0n) is 11.7. The van der Waals surface area contributed by atoms with Gasteiger partial charge in [-0.15, -0.1) is 0 Å². The maximum absolute atomic E-state index is 13.8. The second kappa shape index (κ2) is 5.77. The SMILES string of the molecule is COc1ccc(F)c2c(=O)[nH]c(Cc3ccc(Cl)cc3)nc12. The van der Waals surface area contributed by atoms with E-state index in [1.54, 1.807) is 12.1 Å². The average molecular weight is 319 g/mol. The molecule has 0 fully saturated rings. The standard InChI is InChI=1S/C16H12ClFN2O2/c1-22-12-7-6-11(18)14-15(12)19-13(20-16(14)21)8-9-2-4-10(17)5-3-9/h2-7H,8H2,1H3,(H,19,20,21). The van der Waals surface area contributed by atoms with Crippen molar-refractivity contribution in [2.75, 3.05) is 7.11 Å². The molecule has 0 saturated carbocycles. The van der Waals surface area contributed by atoms with E-state index in [2.05, 4.69) is 9.97 Å². The Bertz CT molecular complexity index is 891. The summed E-state index contributed by atoms with van der Waals surface area (Å²) in [5, 5.41) is 0.534. The van der Waals surface area contributed by atoms with E-state index in [9.17, 15) is 9.18 Å². The predicted molar refractivity (Wildman–Crippen MR) is 83.1 cm³/mol. The number of fused-ring (bicyclic) bond motifs is 1. The Hall–Kier alpha value is -2.40. The van der Waals surface area contributed by atoms with Crippen LogP contribution < -0.4 is 10.3 Å². The largest absolute Gasteiger partial charge is 0.494 e. The van der Waals surface area contributed by atoms with Crippen LogP contribution in [0.5, 0.6) is 5.75 Å². The number of H-pyrrole nitrogens is 1. The summed E-state index contributed by atoms with van der Waals surface area (Å²) in [6.07, 6.45) is 0.405. The lowest BCUT2D eigenvalue weighted by Crippen LogP contribution is -2.14. The molecule has 0 unspecified atom stereocenters. The lowest BCUT2D eigenvalue weighted by Gasteiger charge is -2.07. The number of rotatable bonds is 3. The third-order valence-corrected chi connectivity index (χ3v) is 3.58. The van der Waals surface area contributed by atoms with E-state index < -0.39 is 11.4 Å². The Balaban J connectivity index is 2.12. The summed E-state index contributed by atoms with van der Waals surface area (Å²) in [5.41, 5.74) is 0.628. The number of hydrogen-bond acceptors (Lipinski definition) is 3. The van der Waals surface area contributed by atoms with Gasteiger partial charge in [0.2, 0.25) is 0 Å². The Labute approximate surface area is 130 Å². The number of hydrogen-bond donors (Lipinski definition) is 1. The van der Waals surface area contributed by atoms with Gasteiger partial charge in [0.05, 0.1) is 7.11 Å². The quantitative estimate of drug-likeness (QED) is 0.806. The lowest BCUT2D eigenvalue weighted by atomic mass is 10.1. The topological polar surface area (TPSA) is 55.0 Å². The van der Waals surface area contributed by atoms with Gasteiger partial charge >= 0.3 is 0 Å². The zero-order valence-corrected chi connectivity index (χ0v) is 12.4. The smallest absolute Gasteiger partial charge is 0.261 e. The number of nitrogens with one attached hydrogen (secondary N) is 1. The van der Waals surface area contributed by atoms with Gasteiger partial charge in [0.15, 0.2) is 0 Å². The molecule has 112 valence electrons. The first-order valence-corrected chi connectivity index (χ1v) is 6.96. The number of ether oxygens (including phenoxy) is 1. The minimum absolute atomic E-state index is 0.0980. The van der Waals surface area contributed by atoms with E-state index in [1.165, 1.54) is 19.2 Å². The molecule has 0 aliphatic heterocycles. The molecule has 0 radical (unpaired) electrons. The molecule has 1 heterocycles. The van der Waals surface area contributed by atoms with E-state index in [4.69, 9.17) is 16.3 Å². The Kier molecular flexibility index (Phi) is 3.81. The van der Waals surface area contributed by atoms with E-state index in [0.29, 0.717) is 23.0 Å². The summed E-state index contributed by atoms with van der Waals surface area (Å²) >= 11 is 5.84. The van der Waals surface area contributed by atoms with Crippen LogP contribution in [-0.4, -0.2) is 17.1 Å². The Morgan fingerprint density at radius 3 is 2.64 bits per heavy atom. The fraction of sp³-hybridized carbons (Fsp3) is 0.125. The van der Waals surface area contributed by atoms with E-state index >= 15 is 0 Å².